The van der Waals surface area contributed by atoms with E-state index in [0.29, 0.717) is 17.6 Å². The first-order chi connectivity index (χ1) is 23.7. The van der Waals surface area contributed by atoms with Gasteiger partial charge in [0, 0.05) is 6.42 Å². The van der Waals surface area contributed by atoms with Crippen LogP contribution < -0.4 is 10.1 Å². The number of anilines is 1. The van der Waals surface area contributed by atoms with Crippen LogP contribution in [0.3, 0.4) is 0 Å². The van der Waals surface area contributed by atoms with Crippen LogP contribution in [0.1, 0.15) is 94.6 Å². The van der Waals surface area contributed by atoms with Gasteiger partial charge in [-0.1, -0.05) is 92.3 Å². The predicted molar refractivity (Wildman–Crippen MR) is 208 cm³/mol. The monoisotopic (exact) mass is 735 g/mol. The van der Waals surface area contributed by atoms with Crippen LogP contribution in [0.4, 0.5) is 10.7 Å². The zero-order valence-electron chi connectivity index (χ0n) is 33.3. The van der Waals surface area contributed by atoms with E-state index in [4.69, 9.17) is 34.9 Å². The molecule has 1 N–H and O–H groups in total. The van der Waals surface area contributed by atoms with Gasteiger partial charge in [0.05, 0.1) is 12.4 Å². The van der Waals surface area contributed by atoms with Gasteiger partial charge in [-0.05, 0) is 86.2 Å². The largest absolute Gasteiger partial charge is 0.471 e. The van der Waals surface area contributed by atoms with Crippen LogP contribution in [0.5, 0.6) is 5.88 Å². The molecule has 2 heterocycles. The van der Waals surface area contributed by atoms with Gasteiger partial charge in [0.1, 0.15) is 12.2 Å². The zero-order chi connectivity index (χ0) is 37.9. The Labute approximate surface area is 309 Å². The van der Waals surface area contributed by atoms with Gasteiger partial charge in [0.25, 0.3) is 0 Å². The summed E-state index contributed by atoms with van der Waals surface area (Å²) in [4.78, 5) is 27.3. The lowest BCUT2D eigenvalue weighted by Crippen LogP contribution is -2.40. The second-order valence-corrected chi connectivity index (χ2v) is 21.8. The van der Waals surface area contributed by atoms with Crippen LogP contribution in [-0.2, 0) is 25.9 Å². The molecule has 1 fully saturated rings. The first-order valence-electron chi connectivity index (χ1n) is 18.3. The maximum atomic E-state index is 13.0. The van der Waals surface area contributed by atoms with Gasteiger partial charge >= 0.3 is 6.09 Å². The normalized spacial score (nSPS) is 20.7. The summed E-state index contributed by atoms with van der Waals surface area (Å²) in [6.45, 7) is 33.1. The van der Waals surface area contributed by atoms with Gasteiger partial charge in [0.2, 0.25) is 29.9 Å². The fourth-order valence-electron chi connectivity index (χ4n) is 6.91. The van der Waals surface area contributed by atoms with Crippen LogP contribution in [0.25, 0.3) is 11.2 Å². The van der Waals surface area contributed by atoms with Crippen LogP contribution in [0.2, 0.25) is 25.2 Å². The Morgan fingerprint density at radius 2 is 1.69 bits per heavy atom. The summed E-state index contributed by atoms with van der Waals surface area (Å²) in [6.07, 6.45) is 2.71. The van der Waals surface area contributed by atoms with Crippen LogP contribution in [0.15, 0.2) is 48.8 Å². The zero-order valence-corrected chi connectivity index (χ0v) is 35.3. The Hall–Kier alpha value is -3.07. The van der Waals surface area contributed by atoms with E-state index >= 15 is 0 Å². The van der Waals surface area contributed by atoms with Crippen molar-refractivity contribution in [1.29, 1.82) is 0 Å². The molecule has 4 rings (SSSR count). The minimum Gasteiger partial charge on any atom is -0.471 e. The molecular weight excluding hydrogens is 675 g/mol. The number of benzene rings is 1. The van der Waals surface area contributed by atoms with Crippen molar-refractivity contribution in [3.63, 3.8) is 0 Å². The molecule has 3 aromatic rings. The molecule has 280 valence electrons. The molecule has 10 nitrogen and oxygen atoms in total. The Kier molecular flexibility index (Phi) is 12.7. The van der Waals surface area contributed by atoms with Crippen LogP contribution >= 0.6 is 0 Å². The summed E-state index contributed by atoms with van der Waals surface area (Å²) in [5.74, 6) is 0.647. The molecule has 1 aliphatic carbocycles. The third-order valence-electron chi connectivity index (χ3n) is 9.53. The average molecular weight is 736 g/mol. The van der Waals surface area contributed by atoms with E-state index in [0.717, 1.165) is 29.6 Å². The fourth-order valence-corrected chi connectivity index (χ4v) is 9.58. The highest BCUT2D eigenvalue weighted by Crippen LogP contribution is 2.57. The molecule has 2 aromatic heterocycles. The molecule has 0 bridgehead atoms. The summed E-state index contributed by atoms with van der Waals surface area (Å²) >= 11 is 0. The van der Waals surface area contributed by atoms with Gasteiger partial charge in [-0.25, -0.2) is 9.78 Å². The molecule has 51 heavy (non-hydrogen) atoms. The van der Waals surface area contributed by atoms with Crippen molar-refractivity contribution in [3.8, 4) is 5.88 Å². The molecule has 1 unspecified atom stereocenters. The van der Waals surface area contributed by atoms with Gasteiger partial charge in [0.15, 0.2) is 16.9 Å². The molecule has 1 saturated carbocycles. The lowest BCUT2D eigenvalue weighted by Gasteiger charge is -2.39. The van der Waals surface area contributed by atoms with Crippen molar-refractivity contribution in [2.45, 2.75) is 138 Å². The maximum absolute atomic E-state index is 13.0. The van der Waals surface area contributed by atoms with Crippen molar-refractivity contribution in [1.82, 2.24) is 19.5 Å². The molecule has 4 atom stereocenters. The summed E-state index contributed by atoms with van der Waals surface area (Å²) in [7, 11) is -2.21. The Morgan fingerprint density at radius 1 is 1.04 bits per heavy atom. The molecule has 12 heteroatoms. The van der Waals surface area contributed by atoms with E-state index in [1.807, 2.05) is 55.7 Å². The van der Waals surface area contributed by atoms with E-state index in [1.54, 1.807) is 6.33 Å². The topological polar surface area (TPSA) is 110 Å². The van der Waals surface area contributed by atoms with Gasteiger partial charge < -0.3 is 18.3 Å². The third kappa shape index (κ3) is 9.88. The highest BCUT2D eigenvalue weighted by Gasteiger charge is 2.56. The van der Waals surface area contributed by atoms with E-state index in [-0.39, 0.29) is 47.2 Å². The van der Waals surface area contributed by atoms with Crippen LogP contribution in [-0.4, -0.2) is 55.4 Å². The summed E-state index contributed by atoms with van der Waals surface area (Å²) in [5.41, 5.74) is 1.18. The standard InChI is InChI=1S/C39H61N5O5Si2/c1-15-51(16-2)48-30(37(7,8)9)22-28-26(3)39(49-50(13)14,23-29(28)36(4,5)6)44-25-40-31-32(44)41-34(43-35(45)47-38(10,11)12)42-33(31)46-24-27-20-18-17-19-21-27/h17-21,25,28-30H,3,15-16,22-24H2,1-2,4-14H3,(H,41,42,43,45)/t28-,29-,30?,39-/m0/s1. The molecule has 2 radical (unpaired) electrons. The first-order valence-corrected chi connectivity index (χ1v) is 22.5. The number of hydrogen-bond donors (Lipinski definition) is 1. The molecule has 1 aromatic carbocycles. The van der Waals surface area contributed by atoms with Crippen molar-refractivity contribution < 1.29 is 23.1 Å². The number of fused-ring (bicyclic) bond motifs is 1. The van der Waals surface area contributed by atoms with E-state index < -0.39 is 35.5 Å². The van der Waals surface area contributed by atoms with Crippen molar-refractivity contribution in [2.24, 2.45) is 22.7 Å². The van der Waals surface area contributed by atoms with Crippen molar-refractivity contribution in [3.05, 3.63) is 54.4 Å². The van der Waals surface area contributed by atoms with Gasteiger partial charge in [-0.3, -0.25) is 9.88 Å². The Morgan fingerprint density at radius 3 is 2.24 bits per heavy atom. The Bertz CT molecular complexity index is 1640. The first kappa shape index (κ1) is 40.7. The summed E-state index contributed by atoms with van der Waals surface area (Å²) < 4.78 is 28.0. The quantitative estimate of drug-likeness (QED) is 0.137. The van der Waals surface area contributed by atoms with Gasteiger partial charge in [-0.15, -0.1) is 0 Å². The number of aromatic nitrogens is 4. The average Bonchev–Trinajstić information content (AvgIpc) is 3.56. The summed E-state index contributed by atoms with van der Waals surface area (Å²) in [6, 6.07) is 12.0. The number of carbonyl (C=O) groups excluding carboxylic acids is 1. The minimum atomic E-state index is -1.28. The summed E-state index contributed by atoms with van der Waals surface area (Å²) in [5, 5.41) is 2.74. The smallest absolute Gasteiger partial charge is 0.414 e. The molecule has 1 aliphatic rings. The lowest BCUT2D eigenvalue weighted by atomic mass is 9.70. The van der Waals surface area contributed by atoms with Crippen molar-refractivity contribution >= 4 is 41.3 Å². The van der Waals surface area contributed by atoms with E-state index in [9.17, 15) is 4.79 Å². The van der Waals surface area contributed by atoms with E-state index in [1.165, 1.54) is 0 Å². The highest BCUT2D eigenvalue weighted by atomic mass is 28.3. The maximum Gasteiger partial charge on any atom is 0.414 e. The predicted octanol–water partition coefficient (Wildman–Crippen LogP) is 9.76. The Balaban J connectivity index is 1.88. The number of carbonyl (C=O) groups is 1. The van der Waals surface area contributed by atoms with Crippen LogP contribution in [0, 0.1) is 22.7 Å². The minimum absolute atomic E-state index is 0.0535. The molecule has 0 saturated heterocycles. The number of hydrogen-bond acceptors (Lipinski definition) is 8. The molecule has 0 spiro atoms. The second kappa shape index (κ2) is 15.9. The number of nitrogens with zero attached hydrogens (tertiary/aromatic N) is 4. The number of ether oxygens (including phenoxy) is 2. The number of amides is 1. The van der Waals surface area contributed by atoms with Crippen molar-refractivity contribution in [2.75, 3.05) is 5.32 Å². The molecule has 0 aliphatic heterocycles. The van der Waals surface area contributed by atoms with E-state index in [2.05, 4.69) is 78.8 Å². The second-order valence-electron chi connectivity index (χ2n) is 17.1. The SMILES string of the molecule is C=C1[C@H](CC(O[Si](CC)CC)C(C)(C)C)[C@@H](C(C)(C)C)C[C@@]1(O[Si](C)C)n1cnc2c(OCc3ccccc3)nc(NC(=O)OC(C)(C)C)nc21. The lowest BCUT2D eigenvalue weighted by molar-refractivity contribution is 0.0205. The van der Waals surface area contributed by atoms with Gasteiger partial charge in [-0.2, -0.15) is 9.97 Å². The number of nitrogens with one attached hydrogen (secondary N) is 1. The molecule has 1 amide bonds. The number of imidazole rings is 1. The third-order valence-corrected chi connectivity index (χ3v) is 12.5. The fraction of sp³-hybridized carbons (Fsp3) is 0.641. The number of rotatable bonds is 13. The molecular formula is C39H61N5O5Si2. The highest BCUT2D eigenvalue weighted by molar-refractivity contribution is 6.51.